The molecule has 3 rings (SSSR count). The Labute approximate surface area is 166 Å². The highest BCUT2D eigenvalue weighted by Gasteiger charge is 2.08. The molecule has 0 fully saturated rings. The van der Waals surface area contributed by atoms with Crippen molar-refractivity contribution in [3.05, 3.63) is 76.5 Å². The zero-order valence-electron chi connectivity index (χ0n) is 14.8. The van der Waals surface area contributed by atoms with Gasteiger partial charge in [-0.2, -0.15) is 5.10 Å². The van der Waals surface area contributed by atoms with Crippen molar-refractivity contribution < 1.29 is 14.1 Å². The van der Waals surface area contributed by atoms with Crippen LogP contribution in [0, 0.1) is 10.1 Å². The molecule has 2 N–H and O–H groups in total. The van der Waals surface area contributed by atoms with E-state index in [-0.39, 0.29) is 5.69 Å². The number of benzene rings is 2. The van der Waals surface area contributed by atoms with Crippen molar-refractivity contribution in [2.24, 2.45) is 5.10 Å². The van der Waals surface area contributed by atoms with Gasteiger partial charge in [0.25, 0.3) is 5.69 Å². The predicted octanol–water partition coefficient (Wildman–Crippen LogP) is 4.18. The molecule has 0 atom stereocenters. The van der Waals surface area contributed by atoms with Crippen molar-refractivity contribution in [2.75, 3.05) is 12.4 Å². The van der Waals surface area contributed by atoms with Crippen molar-refractivity contribution in [1.82, 2.24) is 5.43 Å². The SMILES string of the molecule is COc1cccc(NC(=S)N/N=C/c2ccc(-c3ccc([N+](=O)[O-])cc3)o2)c1. The lowest BCUT2D eigenvalue weighted by atomic mass is 10.1. The van der Waals surface area contributed by atoms with Gasteiger partial charge in [-0.1, -0.05) is 6.07 Å². The molecule has 0 aliphatic rings. The normalized spacial score (nSPS) is 10.6. The Morgan fingerprint density at radius 3 is 2.71 bits per heavy atom. The monoisotopic (exact) mass is 396 g/mol. The first-order valence-corrected chi connectivity index (χ1v) is 8.55. The molecular weight excluding hydrogens is 380 g/mol. The number of nitro groups is 1. The molecule has 0 aliphatic carbocycles. The van der Waals surface area contributed by atoms with Gasteiger partial charge in [0, 0.05) is 29.4 Å². The van der Waals surface area contributed by atoms with E-state index in [1.54, 1.807) is 37.4 Å². The van der Waals surface area contributed by atoms with Gasteiger partial charge in [-0.15, -0.1) is 0 Å². The lowest BCUT2D eigenvalue weighted by molar-refractivity contribution is -0.384. The van der Waals surface area contributed by atoms with Gasteiger partial charge in [0.15, 0.2) is 5.11 Å². The molecule has 0 radical (unpaired) electrons. The number of rotatable bonds is 6. The smallest absolute Gasteiger partial charge is 0.269 e. The van der Waals surface area contributed by atoms with Gasteiger partial charge in [0.05, 0.1) is 18.2 Å². The van der Waals surface area contributed by atoms with Crippen molar-refractivity contribution in [2.45, 2.75) is 0 Å². The molecule has 9 heteroatoms. The summed E-state index contributed by atoms with van der Waals surface area (Å²) in [5, 5.41) is 18.0. The summed E-state index contributed by atoms with van der Waals surface area (Å²) in [5.74, 6) is 1.80. The summed E-state index contributed by atoms with van der Waals surface area (Å²) in [4.78, 5) is 10.3. The Hall–Kier alpha value is -3.72. The molecule has 3 aromatic rings. The number of hydrogen-bond acceptors (Lipinski definition) is 6. The van der Waals surface area contributed by atoms with E-state index in [9.17, 15) is 10.1 Å². The number of hydrogen-bond donors (Lipinski definition) is 2. The third kappa shape index (κ3) is 4.92. The van der Waals surface area contributed by atoms with E-state index >= 15 is 0 Å². The maximum Gasteiger partial charge on any atom is 0.269 e. The Morgan fingerprint density at radius 1 is 1.21 bits per heavy atom. The zero-order chi connectivity index (χ0) is 19.9. The van der Waals surface area contributed by atoms with Crippen molar-refractivity contribution >= 4 is 34.9 Å². The number of non-ortho nitro benzene ring substituents is 1. The van der Waals surface area contributed by atoms with E-state index in [1.165, 1.54) is 18.3 Å². The molecule has 0 spiro atoms. The van der Waals surface area contributed by atoms with Gasteiger partial charge in [0.2, 0.25) is 0 Å². The fraction of sp³-hybridized carbons (Fsp3) is 0.0526. The van der Waals surface area contributed by atoms with Crippen LogP contribution in [0.1, 0.15) is 5.76 Å². The molecule has 8 nitrogen and oxygen atoms in total. The van der Waals surface area contributed by atoms with Gasteiger partial charge < -0.3 is 14.5 Å². The molecule has 0 amide bonds. The predicted molar refractivity (Wildman–Crippen MR) is 111 cm³/mol. The molecule has 0 unspecified atom stereocenters. The average Bonchev–Trinajstić information content (AvgIpc) is 3.17. The number of furan rings is 1. The zero-order valence-corrected chi connectivity index (χ0v) is 15.6. The van der Waals surface area contributed by atoms with Gasteiger partial charge in [-0.25, -0.2) is 0 Å². The third-order valence-corrected chi connectivity index (χ3v) is 3.87. The first-order chi connectivity index (χ1) is 13.5. The van der Waals surface area contributed by atoms with Crippen molar-refractivity contribution in [1.29, 1.82) is 0 Å². The number of nitrogens with one attached hydrogen (secondary N) is 2. The lowest BCUT2D eigenvalue weighted by Crippen LogP contribution is -2.23. The number of anilines is 1. The van der Waals surface area contributed by atoms with Crippen molar-refractivity contribution in [3.63, 3.8) is 0 Å². The van der Waals surface area contributed by atoms with E-state index in [2.05, 4.69) is 15.8 Å². The third-order valence-electron chi connectivity index (χ3n) is 3.67. The number of hydrazone groups is 1. The minimum Gasteiger partial charge on any atom is -0.497 e. The number of methoxy groups -OCH3 is 1. The van der Waals surface area contributed by atoms with Crippen LogP contribution in [-0.4, -0.2) is 23.4 Å². The molecule has 0 aliphatic heterocycles. The van der Waals surface area contributed by atoms with Crippen LogP contribution < -0.4 is 15.5 Å². The summed E-state index contributed by atoms with van der Waals surface area (Å²) in [6.07, 6.45) is 1.48. The average molecular weight is 396 g/mol. The summed E-state index contributed by atoms with van der Waals surface area (Å²) in [5.41, 5.74) is 4.23. The molecule has 142 valence electrons. The molecule has 0 saturated heterocycles. The molecule has 0 bridgehead atoms. The highest BCUT2D eigenvalue weighted by Crippen LogP contribution is 2.24. The first-order valence-electron chi connectivity index (χ1n) is 8.14. The lowest BCUT2D eigenvalue weighted by Gasteiger charge is -2.08. The van der Waals surface area contributed by atoms with Crippen LogP contribution in [0.25, 0.3) is 11.3 Å². The summed E-state index contributed by atoms with van der Waals surface area (Å²) in [6, 6.07) is 16.9. The van der Waals surface area contributed by atoms with E-state index < -0.39 is 4.92 Å². The van der Waals surface area contributed by atoms with Crippen molar-refractivity contribution in [3.8, 4) is 17.1 Å². The number of nitro benzene ring substituents is 1. The number of nitrogens with zero attached hydrogens (tertiary/aromatic N) is 2. The van der Waals surface area contributed by atoms with E-state index in [4.69, 9.17) is 21.4 Å². The van der Waals surface area contributed by atoms with Gasteiger partial charge >= 0.3 is 0 Å². The van der Waals surface area contributed by atoms with Gasteiger partial charge in [-0.3, -0.25) is 15.5 Å². The summed E-state index contributed by atoms with van der Waals surface area (Å²) < 4.78 is 10.8. The minimum absolute atomic E-state index is 0.0262. The van der Waals surface area contributed by atoms with Gasteiger partial charge in [0.1, 0.15) is 17.3 Å². The fourth-order valence-corrected chi connectivity index (χ4v) is 2.51. The minimum atomic E-state index is -0.446. The van der Waals surface area contributed by atoms with Crippen LogP contribution in [0.4, 0.5) is 11.4 Å². The van der Waals surface area contributed by atoms with Crippen LogP contribution in [0.3, 0.4) is 0 Å². The van der Waals surface area contributed by atoms with Crippen LogP contribution in [0.2, 0.25) is 0 Å². The van der Waals surface area contributed by atoms with Crippen LogP contribution in [0.15, 0.2) is 70.2 Å². The second-order valence-corrected chi connectivity index (χ2v) is 5.97. The molecule has 2 aromatic carbocycles. The molecule has 28 heavy (non-hydrogen) atoms. The van der Waals surface area contributed by atoms with Gasteiger partial charge in [-0.05, 0) is 48.6 Å². The summed E-state index contributed by atoms with van der Waals surface area (Å²) in [6.45, 7) is 0. The molecular formula is C19H16N4O4S. The van der Waals surface area contributed by atoms with Crippen LogP contribution >= 0.6 is 12.2 Å². The quantitative estimate of drug-likeness (QED) is 0.279. The standard InChI is InChI=1S/C19H16N4O4S/c1-26-16-4-2-3-14(11-16)21-19(28)22-20-12-17-9-10-18(27-17)13-5-7-15(8-6-13)23(24)25/h2-12H,1H3,(H2,21,22,28)/b20-12+. The van der Waals surface area contributed by atoms with E-state index in [0.29, 0.717) is 22.4 Å². The Morgan fingerprint density at radius 2 is 2.00 bits per heavy atom. The number of thiocarbonyl (C=S) groups is 1. The topological polar surface area (TPSA) is 102 Å². The van der Waals surface area contributed by atoms with E-state index in [1.807, 2.05) is 18.2 Å². The second kappa shape index (κ2) is 8.78. The fourth-order valence-electron chi connectivity index (χ4n) is 2.34. The molecule has 0 saturated carbocycles. The number of ether oxygens (including phenoxy) is 1. The highest BCUT2D eigenvalue weighted by molar-refractivity contribution is 7.80. The molecule has 1 heterocycles. The first kappa shape index (κ1) is 19.1. The van der Waals surface area contributed by atoms with Crippen LogP contribution in [0.5, 0.6) is 5.75 Å². The maximum absolute atomic E-state index is 10.7. The summed E-state index contributed by atoms with van der Waals surface area (Å²) in [7, 11) is 1.59. The summed E-state index contributed by atoms with van der Waals surface area (Å²) >= 11 is 5.18. The second-order valence-electron chi connectivity index (χ2n) is 5.56. The Balaban J connectivity index is 1.57. The van der Waals surface area contributed by atoms with Crippen LogP contribution in [-0.2, 0) is 0 Å². The highest BCUT2D eigenvalue weighted by atomic mass is 32.1. The molecule has 1 aromatic heterocycles. The van der Waals surface area contributed by atoms with E-state index in [0.717, 1.165) is 11.3 Å². The maximum atomic E-state index is 10.7. The largest absolute Gasteiger partial charge is 0.497 e. The Bertz CT molecular complexity index is 1010. The Kier molecular flexibility index (Phi) is 5.97.